The predicted octanol–water partition coefficient (Wildman–Crippen LogP) is 3.28. The Morgan fingerprint density at radius 2 is 2.15 bits per heavy atom. The number of nitrogens with one attached hydrogen (secondary N) is 1. The smallest absolute Gasteiger partial charge is 0.323 e. The molecule has 7 nitrogen and oxygen atoms in total. The highest BCUT2D eigenvalue weighted by Crippen LogP contribution is 2.40. The van der Waals surface area contributed by atoms with Gasteiger partial charge >= 0.3 is 6.03 Å². The first-order chi connectivity index (χ1) is 12.6. The maximum atomic E-state index is 12.9. The molecule has 2 fully saturated rings. The Morgan fingerprint density at radius 3 is 2.88 bits per heavy atom. The Morgan fingerprint density at radius 1 is 1.31 bits per heavy atom. The van der Waals surface area contributed by atoms with Gasteiger partial charge in [0.1, 0.15) is 11.6 Å². The molecule has 140 valence electrons. The van der Waals surface area contributed by atoms with Gasteiger partial charge in [-0.05, 0) is 45.4 Å². The van der Waals surface area contributed by atoms with Gasteiger partial charge in [-0.25, -0.2) is 9.78 Å². The highest BCUT2D eigenvalue weighted by Gasteiger charge is 2.29. The first-order valence-corrected chi connectivity index (χ1v) is 9.71. The monoisotopic (exact) mass is 356 g/mol. The first-order valence-electron chi connectivity index (χ1n) is 9.71. The highest BCUT2D eigenvalue weighted by atomic mass is 16.2. The quantitative estimate of drug-likeness (QED) is 0.894. The number of aryl methyl sites for hydroxylation is 3. The Balaban J connectivity index is 1.40. The van der Waals surface area contributed by atoms with Crippen LogP contribution in [0.4, 0.5) is 10.6 Å². The van der Waals surface area contributed by atoms with E-state index in [9.17, 15) is 4.79 Å². The van der Waals surface area contributed by atoms with Gasteiger partial charge in [-0.3, -0.25) is 10.00 Å². The van der Waals surface area contributed by atoms with Crippen molar-refractivity contribution in [3.63, 3.8) is 0 Å². The third kappa shape index (κ3) is 3.61. The fraction of sp³-hybridized carbons (Fsp3) is 0.632. The lowest BCUT2D eigenvalue weighted by atomic mass is 9.99. The van der Waals surface area contributed by atoms with E-state index < -0.39 is 0 Å². The third-order valence-corrected chi connectivity index (χ3v) is 5.64. The summed E-state index contributed by atoms with van der Waals surface area (Å²) in [6.45, 7) is 3.75. The molecule has 2 aliphatic rings. The average Bonchev–Trinajstić information content (AvgIpc) is 3.32. The van der Waals surface area contributed by atoms with Crippen LogP contribution in [-0.2, 0) is 13.6 Å². The van der Waals surface area contributed by atoms with Crippen LogP contribution in [0.5, 0.6) is 0 Å². The molecule has 1 saturated carbocycles. The van der Waals surface area contributed by atoms with Crippen molar-refractivity contribution in [1.82, 2.24) is 24.2 Å². The number of hydrogen-bond donors (Lipinski definition) is 1. The zero-order valence-corrected chi connectivity index (χ0v) is 15.7. The van der Waals surface area contributed by atoms with Crippen molar-refractivity contribution in [2.45, 2.75) is 64.0 Å². The van der Waals surface area contributed by atoms with Crippen LogP contribution < -0.4 is 5.32 Å². The summed E-state index contributed by atoms with van der Waals surface area (Å²) >= 11 is 0. The van der Waals surface area contributed by atoms with Gasteiger partial charge in [0, 0.05) is 50.6 Å². The van der Waals surface area contributed by atoms with E-state index in [0.29, 0.717) is 5.92 Å². The van der Waals surface area contributed by atoms with Crippen LogP contribution >= 0.6 is 0 Å². The van der Waals surface area contributed by atoms with E-state index in [0.717, 1.165) is 49.7 Å². The molecule has 1 atom stereocenters. The minimum Gasteiger partial charge on any atom is -0.335 e. The van der Waals surface area contributed by atoms with Crippen molar-refractivity contribution < 1.29 is 4.79 Å². The molecule has 0 unspecified atom stereocenters. The molecule has 7 heteroatoms. The zero-order chi connectivity index (χ0) is 18.1. The van der Waals surface area contributed by atoms with Gasteiger partial charge in [-0.2, -0.15) is 5.10 Å². The number of piperidine rings is 1. The summed E-state index contributed by atoms with van der Waals surface area (Å²) in [5, 5.41) is 7.63. The van der Waals surface area contributed by atoms with Crippen LogP contribution in [0.3, 0.4) is 0 Å². The summed E-state index contributed by atoms with van der Waals surface area (Å²) in [6, 6.07) is 2.31. The van der Waals surface area contributed by atoms with E-state index in [1.165, 1.54) is 19.3 Å². The van der Waals surface area contributed by atoms with Crippen LogP contribution in [0.15, 0.2) is 18.5 Å². The van der Waals surface area contributed by atoms with E-state index in [4.69, 9.17) is 0 Å². The number of carbonyl (C=O) groups excluding carboxylic acids is 1. The fourth-order valence-corrected chi connectivity index (χ4v) is 3.86. The molecule has 0 aromatic carbocycles. The Kier molecular flexibility index (Phi) is 4.70. The van der Waals surface area contributed by atoms with Gasteiger partial charge in [0.15, 0.2) is 0 Å². The molecule has 1 aliphatic carbocycles. The minimum absolute atomic E-state index is 0.00222. The van der Waals surface area contributed by atoms with Crippen molar-refractivity contribution in [2.75, 3.05) is 11.9 Å². The van der Waals surface area contributed by atoms with Gasteiger partial charge < -0.3 is 9.47 Å². The molecule has 1 aliphatic heterocycles. The number of imidazole rings is 1. The Bertz CT molecular complexity index is 775. The fourth-order valence-electron chi connectivity index (χ4n) is 3.86. The molecular weight excluding hydrogens is 328 g/mol. The number of amides is 2. The van der Waals surface area contributed by atoms with E-state index in [-0.39, 0.29) is 12.1 Å². The zero-order valence-electron chi connectivity index (χ0n) is 15.7. The first kappa shape index (κ1) is 17.1. The van der Waals surface area contributed by atoms with Gasteiger partial charge in [0.2, 0.25) is 0 Å². The molecule has 2 aromatic rings. The lowest BCUT2D eigenvalue weighted by Crippen LogP contribution is -2.46. The van der Waals surface area contributed by atoms with Crippen molar-refractivity contribution in [3.8, 4) is 0 Å². The third-order valence-electron chi connectivity index (χ3n) is 5.64. The van der Waals surface area contributed by atoms with Crippen LogP contribution in [0, 0.1) is 6.92 Å². The number of hydrogen-bond acceptors (Lipinski definition) is 3. The summed E-state index contributed by atoms with van der Waals surface area (Å²) in [5.74, 6) is 2.42. The van der Waals surface area contributed by atoms with E-state index >= 15 is 0 Å². The molecule has 3 heterocycles. The number of likely N-dealkylation sites (tertiary alicyclic amines) is 1. The van der Waals surface area contributed by atoms with Crippen LogP contribution in [0.25, 0.3) is 0 Å². The molecule has 1 saturated heterocycles. The minimum atomic E-state index is 0.00222. The van der Waals surface area contributed by atoms with Crippen LogP contribution in [0.2, 0.25) is 0 Å². The normalized spacial score (nSPS) is 20.4. The van der Waals surface area contributed by atoms with E-state index in [2.05, 4.69) is 20.0 Å². The number of carbonyl (C=O) groups is 1. The predicted molar refractivity (Wildman–Crippen MR) is 100 cm³/mol. The standard InChI is InChI=1S/C19H28N6O/c1-14-20-9-12-24(14)11-8-16-5-3-4-10-25(16)19(26)21-18-13-17(15-6-7-15)22-23(18)2/h9,12-13,15-16H,3-8,10-11H2,1-2H3,(H,21,26)/t16-/m0/s1. The summed E-state index contributed by atoms with van der Waals surface area (Å²) in [6.07, 6.45) is 10.6. The van der Waals surface area contributed by atoms with Gasteiger partial charge in [0.25, 0.3) is 0 Å². The molecule has 2 aromatic heterocycles. The second-order valence-corrected chi connectivity index (χ2v) is 7.58. The maximum Gasteiger partial charge on any atom is 0.323 e. The lowest BCUT2D eigenvalue weighted by molar-refractivity contribution is 0.155. The number of anilines is 1. The second kappa shape index (κ2) is 7.13. The Labute approximate surface area is 154 Å². The largest absolute Gasteiger partial charge is 0.335 e. The van der Waals surface area contributed by atoms with E-state index in [1.807, 2.05) is 37.3 Å². The topological polar surface area (TPSA) is 68.0 Å². The lowest BCUT2D eigenvalue weighted by Gasteiger charge is -2.36. The van der Waals surface area contributed by atoms with Crippen LogP contribution in [-0.4, -0.2) is 42.8 Å². The number of urea groups is 1. The summed E-state index contributed by atoms with van der Waals surface area (Å²) < 4.78 is 3.95. The molecular formula is C19H28N6O. The number of rotatable bonds is 5. The summed E-state index contributed by atoms with van der Waals surface area (Å²) in [4.78, 5) is 19.2. The van der Waals surface area contributed by atoms with Crippen molar-refractivity contribution in [3.05, 3.63) is 30.0 Å². The molecule has 1 N–H and O–H groups in total. The molecule has 26 heavy (non-hydrogen) atoms. The number of nitrogens with zero attached hydrogens (tertiary/aromatic N) is 5. The van der Waals surface area contributed by atoms with Gasteiger partial charge in [-0.1, -0.05) is 0 Å². The maximum absolute atomic E-state index is 12.9. The highest BCUT2D eigenvalue weighted by molar-refractivity contribution is 5.88. The molecule has 4 rings (SSSR count). The SMILES string of the molecule is Cc1nccn1CC[C@@H]1CCCCN1C(=O)Nc1cc(C2CC2)nn1C. The summed E-state index contributed by atoms with van der Waals surface area (Å²) in [7, 11) is 1.90. The average molecular weight is 356 g/mol. The van der Waals surface area contributed by atoms with Gasteiger partial charge in [0.05, 0.1) is 5.69 Å². The van der Waals surface area contributed by atoms with Crippen molar-refractivity contribution >= 4 is 11.8 Å². The van der Waals surface area contributed by atoms with Gasteiger partial charge in [-0.15, -0.1) is 0 Å². The Hall–Kier alpha value is -2.31. The summed E-state index contributed by atoms with van der Waals surface area (Å²) in [5.41, 5.74) is 1.11. The van der Waals surface area contributed by atoms with E-state index in [1.54, 1.807) is 4.68 Å². The molecule has 0 radical (unpaired) electrons. The molecule has 0 bridgehead atoms. The second-order valence-electron chi connectivity index (χ2n) is 7.58. The van der Waals surface area contributed by atoms with Crippen molar-refractivity contribution in [1.29, 1.82) is 0 Å². The van der Waals surface area contributed by atoms with Crippen molar-refractivity contribution in [2.24, 2.45) is 7.05 Å². The van der Waals surface area contributed by atoms with Crippen LogP contribution in [0.1, 0.15) is 56.0 Å². The molecule has 2 amide bonds. The number of aromatic nitrogens is 4. The molecule has 0 spiro atoms.